The summed E-state index contributed by atoms with van der Waals surface area (Å²) < 4.78 is 10.7. The lowest BCUT2D eigenvalue weighted by atomic mass is 9.98. The second-order valence-electron chi connectivity index (χ2n) is 5.48. The largest absolute Gasteiger partial charge is 0.476 e. The van der Waals surface area contributed by atoms with Crippen LogP contribution in [0.25, 0.3) is 0 Å². The van der Waals surface area contributed by atoms with E-state index in [0.29, 0.717) is 24.0 Å². The van der Waals surface area contributed by atoms with Crippen molar-refractivity contribution < 1.29 is 9.15 Å². The van der Waals surface area contributed by atoms with E-state index in [0.717, 1.165) is 38.2 Å². The summed E-state index contributed by atoms with van der Waals surface area (Å²) in [5, 5.41) is 9.02. The minimum atomic E-state index is 0.440. The van der Waals surface area contributed by atoms with Crippen LogP contribution in [-0.2, 0) is 6.54 Å². The van der Waals surface area contributed by atoms with Crippen LogP contribution in [0.1, 0.15) is 24.1 Å². The van der Waals surface area contributed by atoms with Gasteiger partial charge in [0.2, 0.25) is 5.88 Å². The van der Waals surface area contributed by atoms with Gasteiger partial charge in [-0.1, -0.05) is 0 Å². The van der Waals surface area contributed by atoms with Gasteiger partial charge in [0.15, 0.2) is 6.39 Å². The number of piperidine rings is 1. The molecule has 1 aliphatic rings. The standard InChI is InChI=1S/C16H18N4O2/c17-8-14-2-1-5-18-16(14)22-10-13-3-6-20(7-4-13)9-15-11-21-12-19-15/h1-2,5,11-13H,3-4,6-7,9-10H2. The van der Waals surface area contributed by atoms with Crippen molar-refractivity contribution in [3.8, 4) is 11.9 Å². The third kappa shape index (κ3) is 3.62. The van der Waals surface area contributed by atoms with Gasteiger partial charge in [-0.3, -0.25) is 4.90 Å². The fraction of sp³-hybridized carbons (Fsp3) is 0.438. The van der Waals surface area contributed by atoms with Gasteiger partial charge in [0.1, 0.15) is 17.9 Å². The molecule has 3 heterocycles. The van der Waals surface area contributed by atoms with E-state index in [2.05, 4.69) is 20.9 Å². The Bertz CT molecular complexity index is 628. The number of nitriles is 1. The number of rotatable bonds is 5. The number of aromatic nitrogens is 2. The summed E-state index contributed by atoms with van der Waals surface area (Å²) in [5.74, 6) is 0.942. The Hall–Kier alpha value is -2.39. The third-order valence-electron chi connectivity index (χ3n) is 3.92. The van der Waals surface area contributed by atoms with Crippen LogP contribution < -0.4 is 4.74 Å². The SMILES string of the molecule is N#Cc1cccnc1OCC1CCN(Cc2cocn2)CC1. The van der Waals surface area contributed by atoms with Gasteiger partial charge >= 0.3 is 0 Å². The quantitative estimate of drug-likeness (QED) is 0.842. The van der Waals surface area contributed by atoms with Gasteiger partial charge in [-0.15, -0.1) is 0 Å². The molecular weight excluding hydrogens is 280 g/mol. The summed E-state index contributed by atoms with van der Waals surface area (Å²) >= 11 is 0. The lowest BCUT2D eigenvalue weighted by molar-refractivity contribution is 0.133. The molecule has 0 atom stereocenters. The smallest absolute Gasteiger partial charge is 0.231 e. The number of ether oxygens (including phenoxy) is 1. The maximum atomic E-state index is 9.02. The Kier molecular flexibility index (Phi) is 4.66. The van der Waals surface area contributed by atoms with E-state index in [9.17, 15) is 0 Å². The minimum absolute atomic E-state index is 0.440. The lowest BCUT2D eigenvalue weighted by Gasteiger charge is -2.31. The number of pyridine rings is 1. The summed E-state index contributed by atoms with van der Waals surface area (Å²) in [6.07, 6.45) is 6.96. The summed E-state index contributed by atoms with van der Waals surface area (Å²) in [7, 11) is 0. The van der Waals surface area contributed by atoms with Crippen LogP contribution in [0.15, 0.2) is 35.4 Å². The molecule has 0 saturated carbocycles. The monoisotopic (exact) mass is 298 g/mol. The fourth-order valence-electron chi connectivity index (χ4n) is 2.64. The maximum absolute atomic E-state index is 9.02. The van der Waals surface area contributed by atoms with E-state index >= 15 is 0 Å². The molecule has 1 saturated heterocycles. The molecule has 0 amide bonds. The van der Waals surface area contributed by atoms with Gasteiger partial charge in [-0.2, -0.15) is 5.26 Å². The van der Waals surface area contributed by atoms with Crippen molar-refractivity contribution in [2.45, 2.75) is 19.4 Å². The van der Waals surface area contributed by atoms with Gasteiger partial charge in [0.05, 0.1) is 12.3 Å². The van der Waals surface area contributed by atoms with Crippen LogP contribution in [0.4, 0.5) is 0 Å². The molecule has 6 heteroatoms. The van der Waals surface area contributed by atoms with Gasteiger partial charge < -0.3 is 9.15 Å². The topological polar surface area (TPSA) is 75.2 Å². The van der Waals surface area contributed by atoms with E-state index < -0.39 is 0 Å². The fourth-order valence-corrected chi connectivity index (χ4v) is 2.64. The molecule has 0 N–H and O–H groups in total. The molecule has 2 aromatic heterocycles. The molecule has 0 bridgehead atoms. The van der Waals surface area contributed by atoms with E-state index in [1.165, 1.54) is 6.39 Å². The Morgan fingerprint density at radius 2 is 2.23 bits per heavy atom. The summed E-state index contributed by atoms with van der Waals surface area (Å²) in [6.45, 7) is 3.49. The first kappa shape index (κ1) is 14.5. The molecule has 1 aliphatic heterocycles. The van der Waals surface area contributed by atoms with Gasteiger partial charge in [-0.25, -0.2) is 9.97 Å². The van der Waals surface area contributed by atoms with Crippen LogP contribution in [0.3, 0.4) is 0 Å². The number of hydrogen-bond acceptors (Lipinski definition) is 6. The van der Waals surface area contributed by atoms with Crippen LogP contribution >= 0.6 is 0 Å². The predicted octanol–water partition coefficient (Wildman–Crippen LogP) is 2.23. The lowest BCUT2D eigenvalue weighted by Crippen LogP contribution is -2.35. The number of oxazole rings is 1. The molecular formula is C16H18N4O2. The molecule has 0 unspecified atom stereocenters. The number of hydrogen-bond donors (Lipinski definition) is 0. The van der Waals surface area contributed by atoms with E-state index in [1.54, 1.807) is 24.6 Å². The zero-order chi connectivity index (χ0) is 15.2. The zero-order valence-electron chi connectivity index (χ0n) is 12.3. The van der Waals surface area contributed by atoms with E-state index in [1.807, 2.05) is 0 Å². The predicted molar refractivity (Wildman–Crippen MR) is 79.0 cm³/mol. The number of likely N-dealkylation sites (tertiary alicyclic amines) is 1. The molecule has 0 aromatic carbocycles. The molecule has 22 heavy (non-hydrogen) atoms. The van der Waals surface area contributed by atoms with Crippen molar-refractivity contribution in [1.82, 2.24) is 14.9 Å². The number of nitrogens with zero attached hydrogens (tertiary/aromatic N) is 4. The van der Waals surface area contributed by atoms with Gasteiger partial charge in [0.25, 0.3) is 0 Å². The Morgan fingerprint density at radius 1 is 1.36 bits per heavy atom. The van der Waals surface area contributed by atoms with Crippen LogP contribution in [0.2, 0.25) is 0 Å². The van der Waals surface area contributed by atoms with Crippen molar-refractivity contribution in [1.29, 1.82) is 5.26 Å². The minimum Gasteiger partial charge on any atom is -0.476 e. The summed E-state index contributed by atoms with van der Waals surface area (Å²) in [4.78, 5) is 10.6. The molecule has 6 nitrogen and oxygen atoms in total. The highest BCUT2D eigenvalue weighted by molar-refractivity contribution is 5.36. The first-order valence-corrected chi connectivity index (χ1v) is 7.42. The second-order valence-corrected chi connectivity index (χ2v) is 5.48. The first-order valence-electron chi connectivity index (χ1n) is 7.42. The molecule has 0 radical (unpaired) electrons. The highest BCUT2D eigenvalue weighted by Gasteiger charge is 2.21. The molecule has 3 rings (SSSR count). The van der Waals surface area contributed by atoms with Crippen molar-refractivity contribution in [2.24, 2.45) is 5.92 Å². The van der Waals surface area contributed by atoms with Gasteiger partial charge in [-0.05, 0) is 44.0 Å². The van der Waals surface area contributed by atoms with E-state index in [-0.39, 0.29) is 0 Å². The Labute approximate surface area is 129 Å². The van der Waals surface area contributed by atoms with Crippen LogP contribution in [-0.4, -0.2) is 34.6 Å². The Balaban J connectivity index is 1.45. The molecule has 114 valence electrons. The van der Waals surface area contributed by atoms with Crippen LogP contribution in [0.5, 0.6) is 5.88 Å². The molecule has 0 aliphatic carbocycles. The summed E-state index contributed by atoms with van der Waals surface area (Å²) in [5.41, 5.74) is 1.47. The van der Waals surface area contributed by atoms with Gasteiger partial charge in [0, 0.05) is 12.7 Å². The molecule has 2 aromatic rings. The molecule has 0 spiro atoms. The average molecular weight is 298 g/mol. The maximum Gasteiger partial charge on any atom is 0.231 e. The first-order chi connectivity index (χ1) is 10.8. The second kappa shape index (κ2) is 7.05. The summed E-state index contributed by atoms with van der Waals surface area (Å²) in [6, 6.07) is 5.57. The molecule has 1 fully saturated rings. The van der Waals surface area contributed by atoms with Crippen molar-refractivity contribution in [3.63, 3.8) is 0 Å². The van der Waals surface area contributed by atoms with Crippen molar-refractivity contribution in [2.75, 3.05) is 19.7 Å². The Morgan fingerprint density at radius 3 is 2.95 bits per heavy atom. The highest BCUT2D eigenvalue weighted by Crippen LogP contribution is 2.21. The van der Waals surface area contributed by atoms with Crippen molar-refractivity contribution >= 4 is 0 Å². The van der Waals surface area contributed by atoms with Crippen LogP contribution in [0, 0.1) is 17.2 Å². The van der Waals surface area contributed by atoms with E-state index in [4.69, 9.17) is 14.4 Å². The zero-order valence-corrected chi connectivity index (χ0v) is 12.3. The highest BCUT2D eigenvalue weighted by atomic mass is 16.5. The third-order valence-corrected chi connectivity index (χ3v) is 3.92. The van der Waals surface area contributed by atoms with Crippen molar-refractivity contribution in [3.05, 3.63) is 42.2 Å². The normalized spacial score (nSPS) is 16.3. The average Bonchev–Trinajstić information content (AvgIpc) is 3.07.